The summed E-state index contributed by atoms with van der Waals surface area (Å²) in [5.41, 5.74) is -1.18. The molecule has 0 fully saturated rings. The maximum atomic E-state index is 10.8. The van der Waals surface area contributed by atoms with Crippen LogP contribution in [0.25, 0.3) is 0 Å². The van der Waals surface area contributed by atoms with Crippen LogP contribution in [0.3, 0.4) is 0 Å². The summed E-state index contributed by atoms with van der Waals surface area (Å²) < 4.78 is 2.47. The Labute approximate surface area is 104 Å². The fourth-order valence-electron chi connectivity index (χ4n) is 1.33. The van der Waals surface area contributed by atoms with Gasteiger partial charge in [0.15, 0.2) is 0 Å². The van der Waals surface area contributed by atoms with E-state index in [2.05, 4.69) is 10.2 Å². The molecule has 0 aromatic carbocycles. The quantitative estimate of drug-likeness (QED) is 0.651. The van der Waals surface area contributed by atoms with Crippen molar-refractivity contribution in [3.63, 3.8) is 0 Å². The lowest BCUT2D eigenvalue weighted by Crippen LogP contribution is -2.10. The zero-order valence-electron chi connectivity index (χ0n) is 8.73. The zero-order chi connectivity index (χ0) is 13.3. The largest absolute Gasteiger partial charge is 0.476 e. The number of rotatable bonds is 4. The number of halogens is 1. The minimum Gasteiger partial charge on any atom is -0.476 e. The number of aromatic carboxylic acids is 1. The van der Waals surface area contributed by atoms with E-state index in [1.54, 1.807) is 0 Å². The molecule has 0 spiro atoms. The molecule has 0 aliphatic rings. The monoisotopic (exact) mass is 271 g/mol. The Morgan fingerprint density at radius 1 is 1.50 bits per heavy atom. The van der Waals surface area contributed by atoms with Crippen LogP contribution < -0.4 is 0 Å². The summed E-state index contributed by atoms with van der Waals surface area (Å²) in [5.74, 6) is -1.46. The minimum atomic E-state index is -1.46. The molecule has 2 rings (SSSR count). The van der Waals surface area contributed by atoms with E-state index in [1.807, 2.05) is 0 Å². The first-order chi connectivity index (χ1) is 8.47. The maximum Gasteiger partial charge on any atom is 0.363 e. The molecule has 18 heavy (non-hydrogen) atoms. The van der Waals surface area contributed by atoms with Crippen LogP contribution in [0.2, 0.25) is 5.02 Å². The first-order valence-corrected chi connectivity index (χ1v) is 4.98. The number of aromatic nitrogens is 4. The molecule has 0 aliphatic carbocycles. The zero-order valence-corrected chi connectivity index (χ0v) is 9.48. The Balaban J connectivity index is 2.32. The van der Waals surface area contributed by atoms with Gasteiger partial charge in [0.2, 0.25) is 5.69 Å². The van der Waals surface area contributed by atoms with Crippen LogP contribution in [0.15, 0.2) is 18.6 Å². The predicted molar refractivity (Wildman–Crippen MR) is 58.5 cm³/mol. The lowest BCUT2D eigenvalue weighted by molar-refractivity contribution is -0.385. The van der Waals surface area contributed by atoms with Gasteiger partial charge in [-0.05, 0) is 0 Å². The van der Waals surface area contributed by atoms with Crippen molar-refractivity contribution in [2.24, 2.45) is 0 Å². The van der Waals surface area contributed by atoms with E-state index in [-0.39, 0.29) is 6.67 Å². The molecule has 0 atom stereocenters. The maximum absolute atomic E-state index is 10.8. The van der Waals surface area contributed by atoms with Gasteiger partial charge in [-0.2, -0.15) is 10.2 Å². The summed E-state index contributed by atoms with van der Waals surface area (Å²) in [6.45, 7) is 0.0286. The van der Waals surface area contributed by atoms with Crippen LogP contribution in [0.4, 0.5) is 5.69 Å². The van der Waals surface area contributed by atoms with Crippen molar-refractivity contribution >= 4 is 23.3 Å². The van der Waals surface area contributed by atoms with Crippen LogP contribution in [-0.4, -0.2) is 35.6 Å². The van der Waals surface area contributed by atoms with Gasteiger partial charge in [0.05, 0.1) is 16.1 Å². The van der Waals surface area contributed by atoms with Crippen molar-refractivity contribution in [2.45, 2.75) is 6.67 Å². The van der Waals surface area contributed by atoms with Gasteiger partial charge in [-0.1, -0.05) is 11.6 Å². The molecule has 0 saturated carbocycles. The highest BCUT2D eigenvalue weighted by Crippen LogP contribution is 2.16. The topological polar surface area (TPSA) is 116 Å². The molecule has 2 aromatic rings. The van der Waals surface area contributed by atoms with Gasteiger partial charge in [-0.3, -0.25) is 10.1 Å². The highest BCUT2D eigenvalue weighted by Gasteiger charge is 2.25. The second kappa shape index (κ2) is 4.45. The molecule has 0 aliphatic heterocycles. The predicted octanol–water partition coefficient (Wildman–Crippen LogP) is 0.845. The Morgan fingerprint density at radius 3 is 2.67 bits per heavy atom. The van der Waals surface area contributed by atoms with Crippen LogP contribution in [-0.2, 0) is 6.67 Å². The molecule has 94 valence electrons. The molecule has 9 nitrogen and oxygen atoms in total. The molecule has 2 aromatic heterocycles. The van der Waals surface area contributed by atoms with Gasteiger partial charge in [0, 0.05) is 6.20 Å². The highest BCUT2D eigenvalue weighted by atomic mass is 35.5. The van der Waals surface area contributed by atoms with Crippen molar-refractivity contribution in [1.29, 1.82) is 0 Å². The molecule has 0 saturated heterocycles. The Kier molecular flexibility index (Phi) is 2.98. The minimum absolute atomic E-state index is 0.0286. The third-order valence-electron chi connectivity index (χ3n) is 2.03. The van der Waals surface area contributed by atoms with Gasteiger partial charge in [0.1, 0.15) is 12.9 Å². The third kappa shape index (κ3) is 2.30. The second-order valence-corrected chi connectivity index (χ2v) is 3.74. The standard InChI is InChI=1S/C8H6ClN5O4/c9-5-1-10-12(2-5)4-13-3-6(14(17)18)7(11-13)8(15)16/h1-3H,4H2,(H,15,16). The first-order valence-electron chi connectivity index (χ1n) is 4.60. The number of hydrogen-bond donors (Lipinski definition) is 1. The van der Waals surface area contributed by atoms with Gasteiger partial charge in [0.25, 0.3) is 0 Å². The van der Waals surface area contributed by atoms with Gasteiger partial charge in [-0.25, -0.2) is 14.2 Å². The third-order valence-corrected chi connectivity index (χ3v) is 2.23. The van der Waals surface area contributed by atoms with Crippen molar-refractivity contribution in [3.05, 3.63) is 39.4 Å². The Bertz CT molecular complexity index is 587. The normalized spacial score (nSPS) is 10.5. The molecule has 0 unspecified atom stereocenters. The molecular weight excluding hydrogens is 266 g/mol. The highest BCUT2D eigenvalue weighted by molar-refractivity contribution is 6.30. The average Bonchev–Trinajstić information content (AvgIpc) is 2.85. The van der Waals surface area contributed by atoms with Crippen LogP contribution >= 0.6 is 11.6 Å². The van der Waals surface area contributed by atoms with Crippen molar-refractivity contribution < 1.29 is 14.8 Å². The summed E-state index contributed by atoms with van der Waals surface area (Å²) >= 11 is 5.65. The van der Waals surface area contributed by atoms with Gasteiger partial charge >= 0.3 is 11.7 Å². The smallest absolute Gasteiger partial charge is 0.363 e. The lowest BCUT2D eigenvalue weighted by Gasteiger charge is -1.99. The van der Waals surface area contributed by atoms with Crippen molar-refractivity contribution in [2.75, 3.05) is 0 Å². The Morgan fingerprint density at radius 2 is 2.22 bits per heavy atom. The lowest BCUT2D eigenvalue weighted by atomic mass is 10.4. The summed E-state index contributed by atoms with van der Waals surface area (Å²) in [7, 11) is 0. The van der Waals surface area contributed by atoms with Crippen molar-refractivity contribution in [3.8, 4) is 0 Å². The summed E-state index contributed by atoms with van der Waals surface area (Å²) in [5, 5.41) is 27.3. The molecule has 10 heteroatoms. The fraction of sp³-hybridized carbons (Fsp3) is 0.125. The van der Waals surface area contributed by atoms with E-state index in [4.69, 9.17) is 16.7 Å². The summed E-state index contributed by atoms with van der Waals surface area (Å²) in [6, 6.07) is 0. The molecule has 2 heterocycles. The molecule has 0 amide bonds. The number of carboxylic acids is 1. The molecule has 1 N–H and O–H groups in total. The van der Waals surface area contributed by atoms with Crippen LogP contribution in [0.5, 0.6) is 0 Å². The van der Waals surface area contributed by atoms with E-state index < -0.39 is 22.3 Å². The SMILES string of the molecule is O=C(O)c1nn(Cn2cc(Cl)cn2)cc1[N+](=O)[O-]. The number of carboxylic acid groups (broad SMARTS) is 1. The van der Waals surface area contributed by atoms with E-state index in [1.165, 1.54) is 17.1 Å². The average molecular weight is 272 g/mol. The summed E-state index contributed by atoms with van der Waals surface area (Å²) in [6.07, 6.45) is 3.89. The van der Waals surface area contributed by atoms with E-state index >= 15 is 0 Å². The fourth-order valence-corrected chi connectivity index (χ4v) is 1.49. The van der Waals surface area contributed by atoms with Gasteiger partial charge < -0.3 is 5.11 Å². The number of carbonyl (C=O) groups is 1. The van der Waals surface area contributed by atoms with E-state index in [0.717, 1.165) is 10.9 Å². The Hall–Kier alpha value is -2.42. The number of nitro groups is 1. The second-order valence-electron chi connectivity index (χ2n) is 3.30. The van der Waals surface area contributed by atoms with Crippen LogP contribution in [0.1, 0.15) is 10.5 Å². The number of nitrogens with zero attached hydrogens (tertiary/aromatic N) is 5. The number of hydrogen-bond acceptors (Lipinski definition) is 5. The van der Waals surface area contributed by atoms with Gasteiger partial charge in [-0.15, -0.1) is 0 Å². The van der Waals surface area contributed by atoms with Crippen LogP contribution in [0, 0.1) is 10.1 Å². The van der Waals surface area contributed by atoms with E-state index in [9.17, 15) is 14.9 Å². The molecule has 0 radical (unpaired) electrons. The van der Waals surface area contributed by atoms with Crippen molar-refractivity contribution in [1.82, 2.24) is 19.6 Å². The molecular formula is C8H6ClN5O4. The summed E-state index contributed by atoms with van der Waals surface area (Å²) in [4.78, 5) is 20.6. The van der Waals surface area contributed by atoms with E-state index in [0.29, 0.717) is 5.02 Å². The molecule has 0 bridgehead atoms. The first kappa shape index (κ1) is 12.0.